The Labute approximate surface area is 99.7 Å². The number of likely N-dealkylation sites (tertiary alicyclic amines) is 1. The molecule has 0 bridgehead atoms. The van der Waals surface area contributed by atoms with Crippen LogP contribution in [0, 0.1) is 0 Å². The highest BCUT2D eigenvalue weighted by Gasteiger charge is 2.17. The lowest BCUT2D eigenvalue weighted by Crippen LogP contribution is -2.39. The van der Waals surface area contributed by atoms with E-state index in [2.05, 4.69) is 27.5 Å². The van der Waals surface area contributed by atoms with Gasteiger partial charge in [0.2, 0.25) is 0 Å². The van der Waals surface area contributed by atoms with E-state index in [-0.39, 0.29) is 5.69 Å². The fraction of sp³-hybridized carbons (Fsp3) is 0.545. The lowest BCUT2D eigenvalue weighted by Gasteiger charge is -2.30. The van der Waals surface area contributed by atoms with Crippen LogP contribution in [0.1, 0.15) is 23.3 Å². The molecular formula is C11H16N4O2. The number of aromatic carboxylic acids is 1. The normalized spacial score (nSPS) is 21.1. The number of nitrogens with zero attached hydrogens (tertiary/aromatic N) is 3. The monoisotopic (exact) mass is 236 g/mol. The fourth-order valence-corrected chi connectivity index (χ4v) is 2.02. The van der Waals surface area contributed by atoms with Crippen LogP contribution in [-0.4, -0.2) is 52.4 Å². The molecule has 17 heavy (non-hydrogen) atoms. The Morgan fingerprint density at radius 3 is 2.94 bits per heavy atom. The molecule has 2 rings (SSSR count). The fourth-order valence-electron chi connectivity index (χ4n) is 2.02. The summed E-state index contributed by atoms with van der Waals surface area (Å²) in [5, 5.41) is 19.5. The van der Waals surface area contributed by atoms with Crippen molar-refractivity contribution < 1.29 is 9.90 Å². The third-order valence-corrected chi connectivity index (χ3v) is 2.86. The molecule has 0 amide bonds. The van der Waals surface area contributed by atoms with Crippen LogP contribution >= 0.6 is 0 Å². The topological polar surface area (TPSA) is 78.4 Å². The average molecular weight is 236 g/mol. The summed E-state index contributed by atoms with van der Waals surface area (Å²) in [4.78, 5) is 12.9. The van der Waals surface area contributed by atoms with Crippen LogP contribution in [0.25, 0.3) is 0 Å². The molecule has 1 aliphatic rings. The summed E-state index contributed by atoms with van der Waals surface area (Å²) >= 11 is 0. The first-order chi connectivity index (χ1) is 8.15. The molecular weight excluding hydrogens is 220 g/mol. The number of hydrogen-bond donors (Lipinski definition) is 2. The molecule has 1 unspecified atom stereocenters. The van der Waals surface area contributed by atoms with Gasteiger partial charge in [0.25, 0.3) is 0 Å². The number of anilines is 1. The van der Waals surface area contributed by atoms with Gasteiger partial charge in [-0.25, -0.2) is 4.79 Å². The van der Waals surface area contributed by atoms with Gasteiger partial charge >= 0.3 is 5.97 Å². The van der Waals surface area contributed by atoms with Crippen molar-refractivity contribution in [3.8, 4) is 0 Å². The number of piperidine rings is 1. The van der Waals surface area contributed by atoms with Crippen molar-refractivity contribution in [3.05, 3.63) is 17.8 Å². The molecule has 1 aromatic heterocycles. The van der Waals surface area contributed by atoms with Crippen molar-refractivity contribution in [3.63, 3.8) is 0 Å². The lowest BCUT2D eigenvalue weighted by atomic mass is 10.1. The standard InChI is InChI=1S/C11H16N4O2/c1-15-6-2-3-8(7-15)12-10-5-4-9(11(16)17)13-14-10/h4-5,8H,2-3,6-7H2,1H3,(H,12,14)(H,16,17). The Morgan fingerprint density at radius 1 is 1.53 bits per heavy atom. The van der Waals surface area contributed by atoms with Gasteiger partial charge in [-0.05, 0) is 38.6 Å². The number of carbonyl (C=O) groups is 1. The Bertz CT molecular complexity index is 393. The zero-order valence-electron chi connectivity index (χ0n) is 9.76. The molecule has 2 N–H and O–H groups in total. The van der Waals surface area contributed by atoms with Crippen molar-refractivity contribution in [1.82, 2.24) is 15.1 Å². The number of aromatic nitrogens is 2. The lowest BCUT2D eigenvalue weighted by molar-refractivity contribution is 0.0689. The van der Waals surface area contributed by atoms with Gasteiger partial charge in [-0.3, -0.25) is 0 Å². The molecule has 0 saturated carbocycles. The third kappa shape index (κ3) is 3.13. The Balaban J connectivity index is 1.96. The van der Waals surface area contributed by atoms with Gasteiger partial charge in [0.05, 0.1) is 0 Å². The first-order valence-electron chi connectivity index (χ1n) is 5.67. The number of hydrogen-bond acceptors (Lipinski definition) is 5. The SMILES string of the molecule is CN1CCCC(Nc2ccc(C(=O)O)nn2)C1. The molecule has 2 heterocycles. The predicted molar refractivity (Wildman–Crippen MR) is 63.1 cm³/mol. The summed E-state index contributed by atoms with van der Waals surface area (Å²) in [6, 6.07) is 3.48. The van der Waals surface area contributed by atoms with Crippen LogP contribution in [0.3, 0.4) is 0 Å². The van der Waals surface area contributed by atoms with Crippen LogP contribution < -0.4 is 5.32 Å². The number of carboxylic acids is 1. The van der Waals surface area contributed by atoms with Crippen LogP contribution in [0.15, 0.2) is 12.1 Å². The number of nitrogens with one attached hydrogen (secondary N) is 1. The largest absolute Gasteiger partial charge is 0.476 e. The molecule has 6 nitrogen and oxygen atoms in total. The maximum atomic E-state index is 10.6. The molecule has 6 heteroatoms. The van der Waals surface area contributed by atoms with Crippen molar-refractivity contribution >= 4 is 11.8 Å². The molecule has 0 radical (unpaired) electrons. The molecule has 1 atom stereocenters. The van der Waals surface area contributed by atoms with Crippen molar-refractivity contribution in [2.75, 3.05) is 25.5 Å². The van der Waals surface area contributed by atoms with Gasteiger partial charge in [0, 0.05) is 12.6 Å². The highest BCUT2D eigenvalue weighted by molar-refractivity contribution is 5.85. The van der Waals surface area contributed by atoms with E-state index in [0.717, 1.165) is 25.9 Å². The average Bonchev–Trinajstić information content (AvgIpc) is 2.29. The van der Waals surface area contributed by atoms with Gasteiger partial charge in [0.15, 0.2) is 5.69 Å². The Kier molecular flexibility index (Phi) is 3.53. The molecule has 1 aromatic rings. The Hall–Kier alpha value is -1.69. The second-order valence-corrected chi connectivity index (χ2v) is 4.35. The maximum absolute atomic E-state index is 10.6. The number of likely N-dealkylation sites (N-methyl/N-ethyl adjacent to an activating group) is 1. The van der Waals surface area contributed by atoms with E-state index >= 15 is 0 Å². The first-order valence-corrected chi connectivity index (χ1v) is 5.67. The highest BCUT2D eigenvalue weighted by atomic mass is 16.4. The summed E-state index contributed by atoms with van der Waals surface area (Å²) < 4.78 is 0. The second kappa shape index (κ2) is 5.09. The van der Waals surface area contributed by atoms with Crippen molar-refractivity contribution in [2.45, 2.75) is 18.9 Å². The first kappa shape index (κ1) is 11.8. The van der Waals surface area contributed by atoms with E-state index in [4.69, 9.17) is 5.11 Å². The van der Waals surface area contributed by atoms with Crippen LogP contribution in [0.2, 0.25) is 0 Å². The van der Waals surface area contributed by atoms with E-state index in [1.54, 1.807) is 6.07 Å². The third-order valence-electron chi connectivity index (χ3n) is 2.86. The molecule has 0 spiro atoms. The summed E-state index contributed by atoms with van der Waals surface area (Å²) in [5.41, 5.74) is -0.0312. The summed E-state index contributed by atoms with van der Waals surface area (Å²) in [7, 11) is 2.09. The zero-order valence-corrected chi connectivity index (χ0v) is 9.76. The van der Waals surface area contributed by atoms with E-state index in [1.807, 2.05) is 0 Å². The molecule has 1 saturated heterocycles. The van der Waals surface area contributed by atoms with E-state index in [1.165, 1.54) is 6.07 Å². The van der Waals surface area contributed by atoms with Crippen molar-refractivity contribution in [2.24, 2.45) is 0 Å². The minimum absolute atomic E-state index is 0.0312. The van der Waals surface area contributed by atoms with Crippen LogP contribution in [0.5, 0.6) is 0 Å². The molecule has 0 aromatic carbocycles. The highest BCUT2D eigenvalue weighted by Crippen LogP contribution is 2.13. The van der Waals surface area contributed by atoms with Crippen LogP contribution in [-0.2, 0) is 0 Å². The number of carboxylic acid groups (broad SMARTS) is 1. The number of rotatable bonds is 3. The van der Waals surface area contributed by atoms with Gasteiger partial charge in [-0.1, -0.05) is 0 Å². The molecule has 0 aliphatic carbocycles. The molecule has 1 aliphatic heterocycles. The quantitative estimate of drug-likeness (QED) is 0.803. The Morgan fingerprint density at radius 2 is 2.35 bits per heavy atom. The zero-order chi connectivity index (χ0) is 12.3. The van der Waals surface area contributed by atoms with E-state index in [9.17, 15) is 4.79 Å². The van der Waals surface area contributed by atoms with Crippen LogP contribution in [0.4, 0.5) is 5.82 Å². The van der Waals surface area contributed by atoms with Gasteiger partial charge in [-0.15, -0.1) is 10.2 Å². The van der Waals surface area contributed by atoms with Gasteiger partial charge in [0.1, 0.15) is 5.82 Å². The second-order valence-electron chi connectivity index (χ2n) is 4.35. The predicted octanol–water partition coefficient (Wildman–Crippen LogP) is 0.681. The summed E-state index contributed by atoms with van der Waals surface area (Å²) in [6.07, 6.45) is 2.27. The molecule has 92 valence electrons. The smallest absolute Gasteiger partial charge is 0.356 e. The van der Waals surface area contributed by atoms with E-state index in [0.29, 0.717) is 11.9 Å². The minimum atomic E-state index is -1.05. The van der Waals surface area contributed by atoms with Gasteiger partial charge < -0.3 is 15.3 Å². The summed E-state index contributed by atoms with van der Waals surface area (Å²) in [6.45, 7) is 2.10. The van der Waals surface area contributed by atoms with E-state index < -0.39 is 5.97 Å². The summed E-state index contributed by atoms with van der Waals surface area (Å²) in [5.74, 6) is -0.420. The maximum Gasteiger partial charge on any atom is 0.356 e. The van der Waals surface area contributed by atoms with Gasteiger partial charge in [-0.2, -0.15) is 0 Å². The minimum Gasteiger partial charge on any atom is -0.476 e. The molecule has 1 fully saturated rings. The van der Waals surface area contributed by atoms with Crippen molar-refractivity contribution in [1.29, 1.82) is 0 Å².